The van der Waals surface area contributed by atoms with Crippen LogP contribution in [0.2, 0.25) is 0 Å². The third kappa shape index (κ3) is 4.95. The van der Waals surface area contributed by atoms with Crippen LogP contribution in [-0.4, -0.2) is 15.0 Å². The number of benzene rings is 1. The third-order valence-electron chi connectivity index (χ3n) is 3.86. The molecule has 4 rings (SSSR count). The van der Waals surface area contributed by atoms with Gasteiger partial charge in [-0.1, -0.05) is 40.2 Å². The molecule has 138 valence electrons. The first-order valence-electron chi connectivity index (χ1n) is 7.90. The number of hydrogen-bond donors (Lipinski definition) is 0. The molecule has 0 unspecified atom stereocenters. The van der Waals surface area contributed by atoms with Gasteiger partial charge in [0.05, 0.1) is 22.8 Å². The van der Waals surface area contributed by atoms with Crippen LogP contribution >= 0.6 is 15.9 Å². The minimum Gasteiger partial charge on any atom is -0.693 e. The van der Waals surface area contributed by atoms with Crippen molar-refractivity contribution in [3.8, 4) is 33.9 Å². The summed E-state index contributed by atoms with van der Waals surface area (Å²) in [7, 11) is 0. The standard InChI is InChI=1S/C21H14BrN3.H2N.Pt/c22-17-9-7-15(8-10-17)16-13-20(18-5-1-3-11-23-18)25-21(14-16)19-6-2-4-12-24-19;;/h1-14H;1H2;/q;-1;. The molecule has 0 saturated carbocycles. The van der Waals surface area contributed by atoms with Crippen LogP contribution in [0.15, 0.2) is 89.7 Å². The minimum absolute atomic E-state index is 0. The van der Waals surface area contributed by atoms with E-state index in [-0.39, 0.29) is 27.2 Å². The molecular formula is C21H16BrN4Pt-. The molecule has 4 aromatic rings. The molecule has 0 spiro atoms. The smallest absolute Gasteiger partial charge is 0.0900 e. The molecule has 0 aliphatic rings. The van der Waals surface area contributed by atoms with Crippen molar-refractivity contribution in [3.05, 3.63) is 95.8 Å². The van der Waals surface area contributed by atoms with Gasteiger partial charge in [0.15, 0.2) is 0 Å². The summed E-state index contributed by atoms with van der Waals surface area (Å²) in [6.45, 7) is 0. The van der Waals surface area contributed by atoms with Gasteiger partial charge in [-0.05, 0) is 59.7 Å². The fraction of sp³-hybridized carbons (Fsp3) is 0. The van der Waals surface area contributed by atoms with Crippen molar-refractivity contribution in [1.82, 2.24) is 15.0 Å². The van der Waals surface area contributed by atoms with E-state index in [1.54, 1.807) is 12.4 Å². The zero-order valence-electron chi connectivity index (χ0n) is 14.2. The maximum absolute atomic E-state index is 4.78. The fourth-order valence-corrected chi connectivity index (χ4v) is 2.89. The van der Waals surface area contributed by atoms with E-state index in [1.807, 2.05) is 48.5 Å². The average molecular weight is 599 g/mol. The number of rotatable bonds is 3. The molecule has 0 saturated heterocycles. The van der Waals surface area contributed by atoms with Crippen molar-refractivity contribution < 1.29 is 21.1 Å². The van der Waals surface area contributed by atoms with Crippen molar-refractivity contribution in [2.45, 2.75) is 0 Å². The molecule has 0 atom stereocenters. The second-order valence-electron chi connectivity index (χ2n) is 5.56. The minimum atomic E-state index is 0. The van der Waals surface area contributed by atoms with E-state index in [0.717, 1.165) is 38.4 Å². The molecule has 6 heteroatoms. The van der Waals surface area contributed by atoms with E-state index in [9.17, 15) is 0 Å². The average Bonchev–Trinajstić information content (AvgIpc) is 2.69. The van der Waals surface area contributed by atoms with Gasteiger partial charge in [0.2, 0.25) is 0 Å². The fourth-order valence-electron chi connectivity index (χ4n) is 2.63. The summed E-state index contributed by atoms with van der Waals surface area (Å²) in [6.07, 6.45) is 3.56. The van der Waals surface area contributed by atoms with Gasteiger partial charge in [-0.3, -0.25) is 9.97 Å². The Morgan fingerprint density at radius 1 is 0.593 bits per heavy atom. The molecule has 27 heavy (non-hydrogen) atoms. The summed E-state index contributed by atoms with van der Waals surface area (Å²) in [6, 6.07) is 24.1. The van der Waals surface area contributed by atoms with Crippen molar-refractivity contribution in [2.75, 3.05) is 0 Å². The predicted octanol–water partition coefficient (Wildman–Crippen LogP) is 6.35. The molecular weight excluding hydrogens is 583 g/mol. The number of aromatic nitrogens is 3. The number of pyridine rings is 3. The van der Waals surface area contributed by atoms with Gasteiger partial charge in [-0.15, -0.1) is 0 Å². The SMILES string of the molecule is Brc1ccc(-c2cc(-c3ccccn3)nc(-c3ccccn3)c2)cc1.[NH2-].[Pt]. The first-order valence-corrected chi connectivity index (χ1v) is 8.70. The van der Waals surface area contributed by atoms with Crippen LogP contribution in [0.4, 0.5) is 0 Å². The van der Waals surface area contributed by atoms with Crippen molar-refractivity contribution in [2.24, 2.45) is 0 Å². The molecule has 2 N–H and O–H groups in total. The molecule has 0 bridgehead atoms. The first-order chi connectivity index (χ1) is 12.3. The zero-order chi connectivity index (χ0) is 17.1. The molecule has 1 aromatic carbocycles. The van der Waals surface area contributed by atoms with Gasteiger partial charge in [0.25, 0.3) is 0 Å². The Hall–Kier alpha value is -2.20. The topological polar surface area (TPSA) is 72.2 Å². The van der Waals surface area contributed by atoms with Gasteiger partial charge in [0, 0.05) is 37.9 Å². The molecule has 0 fully saturated rings. The van der Waals surface area contributed by atoms with Crippen LogP contribution < -0.4 is 0 Å². The summed E-state index contributed by atoms with van der Waals surface area (Å²) < 4.78 is 1.06. The Kier molecular flexibility index (Phi) is 7.54. The van der Waals surface area contributed by atoms with E-state index in [2.05, 4.69) is 50.2 Å². The number of hydrogen-bond acceptors (Lipinski definition) is 3. The molecule has 0 radical (unpaired) electrons. The van der Waals surface area contributed by atoms with E-state index in [4.69, 9.17) is 4.98 Å². The molecule has 3 heterocycles. The normalized spacial score (nSPS) is 9.81. The molecule has 0 amide bonds. The number of nitrogens with zero attached hydrogens (tertiary/aromatic N) is 3. The van der Waals surface area contributed by atoms with Gasteiger partial charge >= 0.3 is 0 Å². The van der Waals surface area contributed by atoms with Crippen LogP contribution in [0.5, 0.6) is 0 Å². The molecule has 4 nitrogen and oxygen atoms in total. The van der Waals surface area contributed by atoms with Gasteiger partial charge in [0.1, 0.15) is 0 Å². The Morgan fingerprint density at radius 3 is 1.56 bits per heavy atom. The van der Waals surface area contributed by atoms with Crippen LogP contribution in [0.1, 0.15) is 0 Å². The molecule has 0 aliphatic heterocycles. The maximum Gasteiger partial charge on any atom is 0.0900 e. The van der Waals surface area contributed by atoms with Crippen LogP contribution in [0.25, 0.3) is 40.1 Å². The molecule has 0 aliphatic carbocycles. The van der Waals surface area contributed by atoms with E-state index in [0.29, 0.717) is 0 Å². The second-order valence-corrected chi connectivity index (χ2v) is 6.48. The summed E-state index contributed by atoms with van der Waals surface area (Å²) in [4.78, 5) is 13.7. The largest absolute Gasteiger partial charge is 0.693 e. The van der Waals surface area contributed by atoms with Gasteiger partial charge in [-0.25, -0.2) is 4.98 Å². The van der Waals surface area contributed by atoms with Gasteiger partial charge < -0.3 is 6.15 Å². The number of halogens is 1. The Balaban J connectivity index is 0.00000131. The Bertz CT molecular complexity index is 936. The van der Waals surface area contributed by atoms with Crippen LogP contribution in [-0.2, 0) is 21.1 Å². The van der Waals surface area contributed by atoms with Crippen molar-refractivity contribution >= 4 is 15.9 Å². The third-order valence-corrected chi connectivity index (χ3v) is 4.39. The van der Waals surface area contributed by atoms with Crippen LogP contribution in [0.3, 0.4) is 0 Å². The van der Waals surface area contributed by atoms with E-state index in [1.165, 1.54) is 0 Å². The Morgan fingerprint density at radius 2 is 1.11 bits per heavy atom. The van der Waals surface area contributed by atoms with Crippen molar-refractivity contribution in [3.63, 3.8) is 0 Å². The van der Waals surface area contributed by atoms with Gasteiger partial charge in [-0.2, -0.15) is 0 Å². The summed E-state index contributed by atoms with van der Waals surface area (Å²) >= 11 is 3.49. The maximum atomic E-state index is 4.78. The predicted molar refractivity (Wildman–Crippen MR) is 109 cm³/mol. The van der Waals surface area contributed by atoms with Crippen LogP contribution in [0, 0.1) is 0 Å². The van der Waals surface area contributed by atoms with Crippen molar-refractivity contribution in [1.29, 1.82) is 0 Å². The first kappa shape index (κ1) is 21.1. The summed E-state index contributed by atoms with van der Waals surface area (Å²) in [5.74, 6) is 0. The quantitative estimate of drug-likeness (QED) is 0.276. The Labute approximate surface area is 181 Å². The molecule has 3 aromatic heterocycles. The summed E-state index contributed by atoms with van der Waals surface area (Å²) in [5.41, 5.74) is 5.57. The zero-order valence-corrected chi connectivity index (χ0v) is 18.1. The van der Waals surface area contributed by atoms with E-state index >= 15 is 0 Å². The second kappa shape index (κ2) is 9.65. The number of nitrogens with two attached hydrogens (primary N) is 1. The monoisotopic (exact) mass is 598 g/mol. The van der Waals surface area contributed by atoms with E-state index < -0.39 is 0 Å². The summed E-state index contributed by atoms with van der Waals surface area (Å²) in [5, 5.41) is 0.